The largest absolute Gasteiger partial charge is 0.396 e. The summed E-state index contributed by atoms with van der Waals surface area (Å²) in [4.78, 5) is 0. The van der Waals surface area contributed by atoms with Crippen molar-refractivity contribution in [3.63, 3.8) is 0 Å². The molecule has 0 radical (unpaired) electrons. The van der Waals surface area contributed by atoms with Crippen molar-refractivity contribution in [3.05, 3.63) is 0 Å². The monoisotopic (exact) mass is 175 g/mol. The van der Waals surface area contributed by atoms with Crippen molar-refractivity contribution in [3.8, 4) is 0 Å². The molecule has 0 amide bonds. The van der Waals surface area contributed by atoms with Gasteiger partial charge in [0.05, 0.1) is 0 Å². The highest BCUT2D eigenvalue weighted by atomic mass is 16.5. The van der Waals surface area contributed by atoms with Gasteiger partial charge in [-0.3, -0.25) is 0 Å². The summed E-state index contributed by atoms with van der Waals surface area (Å²) in [5.74, 6) is 0. The molecule has 0 rings (SSSR count). The molecule has 3 heteroatoms. The first kappa shape index (κ1) is 11.9. The summed E-state index contributed by atoms with van der Waals surface area (Å²) in [6.07, 6.45) is 3.04. The number of aliphatic hydroxyl groups is 1. The van der Waals surface area contributed by atoms with Crippen LogP contribution in [0, 0.1) is 0 Å². The summed E-state index contributed by atoms with van der Waals surface area (Å²) >= 11 is 0. The molecular weight excluding hydrogens is 154 g/mol. The topological polar surface area (TPSA) is 41.5 Å². The first-order chi connectivity index (χ1) is 5.91. The number of rotatable bonds is 9. The van der Waals surface area contributed by atoms with Crippen molar-refractivity contribution in [2.24, 2.45) is 0 Å². The Balaban J connectivity index is 2.73. The highest BCUT2D eigenvalue weighted by Gasteiger charge is 1.88. The van der Waals surface area contributed by atoms with Gasteiger partial charge in [0.1, 0.15) is 0 Å². The molecule has 0 saturated carbocycles. The second-order valence-corrected chi connectivity index (χ2v) is 2.73. The van der Waals surface area contributed by atoms with Gasteiger partial charge in [0, 0.05) is 19.8 Å². The summed E-state index contributed by atoms with van der Waals surface area (Å²) in [7, 11) is 0. The van der Waals surface area contributed by atoms with Crippen molar-refractivity contribution < 1.29 is 9.84 Å². The van der Waals surface area contributed by atoms with Crippen LogP contribution in [0.4, 0.5) is 0 Å². The van der Waals surface area contributed by atoms with E-state index < -0.39 is 0 Å². The van der Waals surface area contributed by atoms with E-state index in [1.165, 1.54) is 0 Å². The van der Waals surface area contributed by atoms with Crippen LogP contribution in [0.1, 0.15) is 26.2 Å². The predicted octanol–water partition coefficient (Wildman–Crippen LogP) is 0.775. The molecule has 0 saturated heterocycles. The first-order valence-corrected chi connectivity index (χ1v) is 4.81. The molecular formula is C9H21NO2. The Labute approximate surface area is 75.1 Å². The van der Waals surface area contributed by atoms with Gasteiger partial charge in [0.25, 0.3) is 0 Å². The van der Waals surface area contributed by atoms with E-state index >= 15 is 0 Å². The fourth-order valence-electron chi connectivity index (χ4n) is 0.930. The van der Waals surface area contributed by atoms with E-state index in [0.717, 1.165) is 45.6 Å². The fraction of sp³-hybridized carbons (Fsp3) is 1.00. The quantitative estimate of drug-likeness (QED) is 0.509. The second-order valence-electron chi connectivity index (χ2n) is 2.73. The van der Waals surface area contributed by atoms with Crippen LogP contribution in [0.15, 0.2) is 0 Å². The molecule has 74 valence electrons. The Bertz CT molecular complexity index is 68.9. The zero-order valence-corrected chi connectivity index (χ0v) is 8.01. The molecule has 0 aromatic carbocycles. The first-order valence-electron chi connectivity index (χ1n) is 4.81. The highest BCUT2D eigenvalue weighted by Crippen LogP contribution is 1.84. The molecule has 0 aliphatic carbocycles. The fourth-order valence-corrected chi connectivity index (χ4v) is 0.930. The van der Waals surface area contributed by atoms with E-state index in [0.29, 0.717) is 6.61 Å². The Morgan fingerprint density at radius 3 is 2.58 bits per heavy atom. The standard InChI is InChI=1S/C9H21NO2/c1-2-12-9-5-7-10-6-3-4-8-11/h10-11H,2-9H2,1H3. The van der Waals surface area contributed by atoms with Crippen LogP contribution in [0.3, 0.4) is 0 Å². The molecule has 0 unspecified atom stereocenters. The van der Waals surface area contributed by atoms with Crippen LogP contribution in [0.25, 0.3) is 0 Å². The Hall–Kier alpha value is -0.120. The number of unbranched alkanes of at least 4 members (excludes halogenated alkanes) is 1. The van der Waals surface area contributed by atoms with Gasteiger partial charge in [-0.1, -0.05) is 0 Å². The van der Waals surface area contributed by atoms with Gasteiger partial charge in [0.15, 0.2) is 0 Å². The van der Waals surface area contributed by atoms with Crippen molar-refractivity contribution in [1.29, 1.82) is 0 Å². The summed E-state index contributed by atoms with van der Waals surface area (Å²) in [5, 5.41) is 11.8. The number of aliphatic hydroxyl groups excluding tert-OH is 1. The average Bonchev–Trinajstić information content (AvgIpc) is 2.10. The number of ether oxygens (including phenoxy) is 1. The van der Waals surface area contributed by atoms with E-state index in [9.17, 15) is 0 Å². The molecule has 0 atom stereocenters. The summed E-state index contributed by atoms with van der Waals surface area (Å²) < 4.78 is 5.18. The minimum absolute atomic E-state index is 0.306. The summed E-state index contributed by atoms with van der Waals surface area (Å²) in [6.45, 7) is 6.00. The van der Waals surface area contributed by atoms with Crippen molar-refractivity contribution in [1.82, 2.24) is 5.32 Å². The smallest absolute Gasteiger partial charge is 0.0477 e. The van der Waals surface area contributed by atoms with E-state index in [1.54, 1.807) is 0 Å². The third-order valence-corrected chi connectivity index (χ3v) is 1.61. The molecule has 0 aromatic rings. The van der Waals surface area contributed by atoms with Crippen molar-refractivity contribution in [2.45, 2.75) is 26.2 Å². The summed E-state index contributed by atoms with van der Waals surface area (Å²) in [6, 6.07) is 0. The third kappa shape index (κ3) is 9.88. The lowest BCUT2D eigenvalue weighted by molar-refractivity contribution is 0.144. The number of nitrogens with one attached hydrogen (secondary N) is 1. The Morgan fingerprint density at radius 2 is 1.92 bits per heavy atom. The molecule has 0 heterocycles. The molecule has 0 fully saturated rings. The SMILES string of the molecule is CCOCCCNCCCCO. The van der Waals surface area contributed by atoms with Gasteiger partial charge in [-0.2, -0.15) is 0 Å². The molecule has 0 bridgehead atoms. The maximum absolute atomic E-state index is 8.49. The molecule has 2 N–H and O–H groups in total. The molecule has 0 spiro atoms. The number of hydrogen-bond acceptors (Lipinski definition) is 3. The number of hydrogen-bond donors (Lipinski definition) is 2. The van der Waals surface area contributed by atoms with Gasteiger partial charge in [-0.05, 0) is 39.3 Å². The lowest BCUT2D eigenvalue weighted by Gasteiger charge is -2.03. The Kier molecular flexibility index (Phi) is 10.8. The Morgan fingerprint density at radius 1 is 1.17 bits per heavy atom. The molecule has 0 aliphatic rings. The lowest BCUT2D eigenvalue weighted by Crippen LogP contribution is -2.18. The lowest BCUT2D eigenvalue weighted by atomic mass is 10.3. The average molecular weight is 175 g/mol. The molecule has 3 nitrogen and oxygen atoms in total. The second kappa shape index (κ2) is 10.9. The zero-order valence-electron chi connectivity index (χ0n) is 8.01. The van der Waals surface area contributed by atoms with Crippen LogP contribution in [0.2, 0.25) is 0 Å². The molecule has 0 aliphatic heterocycles. The summed E-state index contributed by atoms with van der Waals surface area (Å²) in [5.41, 5.74) is 0. The van der Waals surface area contributed by atoms with Gasteiger partial charge >= 0.3 is 0 Å². The van der Waals surface area contributed by atoms with Crippen LogP contribution in [0.5, 0.6) is 0 Å². The minimum Gasteiger partial charge on any atom is -0.396 e. The highest BCUT2D eigenvalue weighted by molar-refractivity contribution is 4.47. The van der Waals surface area contributed by atoms with E-state index in [-0.39, 0.29) is 0 Å². The van der Waals surface area contributed by atoms with Crippen LogP contribution >= 0.6 is 0 Å². The predicted molar refractivity (Wildman–Crippen MR) is 50.3 cm³/mol. The zero-order chi connectivity index (χ0) is 9.07. The van der Waals surface area contributed by atoms with Gasteiger partial charge in [0.2, 0.25) is 0 Å². The molecule has 12 heavy (non-hydrogen) atoms. The van der Waals surface area contributed by atoms with Gasteiger partial charge < -0.3 is 15.2 Å². The van der Waals surface area contributed by atoms with Crippen molar-refractivity contribution in [2.75, 3.05) is 32.9 Å². The van der Waals surface area contributed by atoms with E-state index in [1.807, 2.05) is 6.92 Å². The van der Waals surface area contributed by atoms with Gasteiger partial charge in [-0.25, -0.2) is 0 Å². The minimum atomic E-state index is 0.306. The molecule has 0 aromatic heterocycles. The van der Waals surface area contributed by atoms with Crippen LogP contribution < -0.4 is 5.32 Å². The third-order valence-electron chi connectivity index (χ3n) is 1.61. The maximum atomic E-state index is 8.49. The maximum Gasteiger partial charge on any atom is 0.0477 e. The van der Waals surface area contributed by atoms with Gasteiger partial charge in [-0.15, -0.1) is 0 Å². The van der Waals surface area contributed by atoms with Crippen LogP contribution in [-0.4, -0.2) is 38.0 Å². The van der Waals surface area contributed by atoms with E-state index in [2.05, 4.69) is 5.32 Å². The van der Waals surface area contributed by atoms with E-state index in [4.69, 9.17) is 9.84 Å². The van der Waals surface area contributed by atoms with Crippen LogP contribution in [-0.2, 0) is 4.74 Å². The van der Waals surface area contributed by atoms with Crippen molar-refractivity contribution >= 4 is 0 Å². The normalized spacial score (nSPS) is 10.5.